The molecule has 0 bridgehead atoms. The third kappa shape index (κ3) is 4.33. The van der Waals surface area contributed by atoms with Crippen LogP contribution < -0.4 is 5.32 Å². The molecule has 2 N–H and O–H groups in total. The molecule has 1 aliphatic rings. The first-order chi connectivity index (χ1) is 13.0. The van der Waals surface area contributed by atoms with Crippen molar-refractivity contribution in [2.75, 3.05) is 19.6 Å². The summed E-state index contributed by atoms with van der Waals surface area (Å²) >= 11 is 0. The molecule has 144 valence electrons. The molecule has 1 aromatic carbocycles. The lowest BCUT2D eigenvalue weighted by Gasteiger charge is -2.18. The van der Waals surface area contributed by atoms with Gasteiger partial charge >= 0.3 is 11.8 Å². The monoisotopic (exact) mass is 371 g/mol. The maximum atomic E-state index is 11.9. The van der Waals surface area contributed by atoms with E-state index in [4.69, 9.17) is 0 Å². The van der Waals surface area contributed by atoms with Crippen LogP contribution >= 0.6 is 0 Å². The van der Waals surface area contributed by atoms with Crippen LogP contribution in [-0.2, 0) is 16.1 Å². The van der Waals surface area contributed by atoms with Crippen molar-refractivity contribution in [3.05, 3.63) is 24.3 Å². The average molecular weight is 371 g/mol. The number of fused-ring (bicyclic) bond motifs is 1. The summed E-state index contributed by atoms with van der Waals surface area (Å²) in [6.45, 7) is 7.39. The Morgan fingerprint density at radius 1 is 1.26 bits per heavy atom. The molecule has 0 radical (unpaired) electrons. The van der Waals surface area contributed by atoms with E-state index in [0.717, 1.165) is 38.0 Å². The van der Waals surface area contributed by atoms with E-state index in [-0.39, 0.29) is 17.6 Å². The van der Waals surface area contributed by atoms with E-state index >= 15 is 0 Å². The maximum absolute atomic E-state index is 11.9. The fraction of sp³-hybridized carbons (Fsp3) is 0.474. The Labute approximate surface area is 157 Å². The van der Waals surface area contributed by atoms with Crippen molar-refractivity contribution in [3.63, 3.8) is 0 Å². The van der Waals surface area contributed by atoms with Crippen LogP contribution in [0.1, 0.15) is 26.7 Å². The van der Waals surface area contributed by atoms with Gasteiger partial charge in [-0.2, -0.15) is 0 Å². The normalized spacial score (nSPS) is 14.3. The van der Waals surface area contributed by atoms with Gasteiger partial charge in [-0.15, -0.1) is 10.2 Å². The molecule has 8 heteroatoms. The maximum Gasteiger partial charge on any atom is 0.353 e. The predicted molar refractivity (Wildman–Crippen MR) is 102 cm³/mol. The van der Waals surface area contributed by atoms with Crippen molar-refractivity contribution in [2.24, 2.45) is 10.2 Å². The van der Waals surface area contributed by atoms with Gasteiger partial charge in [0.2, 0.25) is 5.88 Å². The summed E-state index contributed by atoms with van der Waals surface area (Å²) in [6.07, 6.45) is 1.77. The van der Waals surface area contributed by atoms with Crippen molar-refractivity contribution in [1.82, 2.24) is 14.8 Å². The first kappa shape index (κ1) is 19.0. The Kier molecular flexibility index (Phi) is 5.85. The first-order valence-corrected chi connectivity index (χ1v) is 9.34. The summed E-state index contributed by atoms with van der Waals surface area (Å²) in [5.74, 6) is -1.77. The molecule has 3 rings (SSSR count). The van der Waals surface area contributed by atoms with E-state index in [1.165, 1.54) is 0 Å². The molecule has 1 aliphatic carbocycles. The number of rotatable bonds is 7. The van der Waals surface area contributed by atoms with Gasteiger partial charge in [0.25, 0.3) is 0 Å². The third-order valence-corrected chi connectivity index (χ3v) is 4.80. The Morgan fingerprint density at radius 3 is 2.63 bits per heavy atom. The van der Waals surface area contributed by atoms with Crippen LogP contribution in [0.15, 0.2) is 34.5 Å². The number of aromatic nitrogens is 1. The smallest absolute Gasteiger partial charge is 0.353 e. The number of benzene rings is 1. The molecular formula is C19H25N5O3. The summed E-state index contributed by atoms with van der Waals surface area (Å²) in [4.78, 5) is 25.8. The number of carbonyl (C=O) groups excluding carboxylic acids is 2. The van der Waals surface area contributed by atoms with Crippen LogP contribution in [0, 0.1) is 0 Å². The molecule has 1 aromatic heterocycles. The van der Waals surface area contributed by atoms with Crippen LogP contribution in [0.3, 0.4) is 0 Å². The van der Waals surface area contributed by atoms with Gasteiger partial charge < -0.3 is 19.9 Å². The van der Waals surface area contributed by atoms with Crippen LogP contribution in [-0.4, -0.2) is 52.1 Å². The highest BCUT2D eigenvalue weighted by molar-refractivity contribution is 6.35. The molecule has 0 spiro atoms. The zero-order valence-corrected chi connectivity index (χ0v) is 15.7. The highest BCUT2D eigenvalue weighted by Crippen LogP contribution is 2.38. The highest BCUT2D eigenvalue weighted by Gasteiger charge is 2.26. The number of hydrogen-bond donors (Lipinski definition) is 2. The molecule has 1 heterocycles. The number of nitrogens with one attached hydrogen (secondary N) is 1. The summed E-state index contributed by atoms with van der Waals surface area (Å²) in [5.41, 5.74) is 1.02. The summed E-state index contributed by atoms with van der Waals surface area (Å²) in [5, 5.41) is 21.3. The lowest BCUT2D eigenvalue weighted by molar-refractivity contribution is -0.137. The molecule has 2 aromatic rings. The van der Waals surface area contributed by atoms with Crippen LogP contribution in [0.5, 0.6) is 5.88 Å². The van der Waals surface area contributed by atoms with Gasteiger partial charge in [-0.3, -0.25) is 9.59 Å². The van der Waals surface area contributed by atoms with E-state index in [9.17, 15) is 14.7 Å². The quantitative estimate of drug-likeness (QED) is 0.577. The van der Waals surface area contributed by atoms with Crippen molar-refractivity contribution < 1.29 is 14.7 Å². The molecule has 27 heavy (non-hydrogen) atoms. The minimum atomic E-state index is -0.957. The van der Waals surface area contributed by atoms with E-state index < -0.39 is 11.8 Å². The van der Waals surface area contributed by atoms with Gasteiger partial charge in [0.15, 0.2) is 5.69 Å². The molecule has 1 fully saturated rings. The molecular weight excluding hydrogens is 346 g/mol. The van der Waals surface area contributed by atoms with Crippen LogP contribution in [0.2, 0.25) is 0 Å². The molecule has 2 amide bonds. The standard InChI is InChI=1S/C19H25N5O3/c1-3-23(4-2)11-12-24-15-8-6-5-7-14(15)16(19(24)27)21-22-18(26)17(25)20-13-9-10-13/h5-8,13,27H,3-4,9-12H2,1-2H3,(H,20,25). The lowest BCUT2D eigenvalue weighted by Crippen LogP contribution is -2.31. The lowest BCUT2D eigenvalue weighted by atomic mass is 10.2. The first-order valence-electron chi connectivity index (χ1n) is 9.34. The second-order valence-electron chi connectivity index (χ2n) is 6.62. The Morgan fingerprint density at radius 2 is 1.96 bits per heavy atom. The zero-order valence-electron chi connectivity index (χ0n) is 15.7. The fourth-order valence-electron chi connectivity index (χ4n) is 2.99. The second kappa shape index (κ2) is 8.30. The van der Waals surface area contributed by atoms with Crippen molar-refractivity contribution >= 4 is 28.4 Å². The van der Waals surface area contributed by atoms with Gasteiger partial charge in [0.05, 0.1) is 5.52 Å². The number of para-hydroxylation sites is 1. The van der Waals surface area contributed by atoms with Gasteiger partial charge in [-0.1, -0.05) is 32.0 Å². The van der Waals surface area contributed by atoms with Gasteiger partial charge in [-0.25, -0.2) is 0 Å². The number of nitrogens with zero attached hydrogens (tertiary/aromatic N) is 4. The SMILES string of the molecule is CCN(CC)CCn1c(O)c(N=NC(=O)C(=O)NC2CC2)c2ccccc21. The number of carbonyl (C=O) groups is 2. The Bertz CT molecular complexity index is 866. The summed E-state index contributed by atoms with van der Waals surface area (Å²) in [7, 11) is 0. The van der Waals surface area contributed by atoms with Crippen molar-refractivity contribution in [2.45, 2.75) is 39.3 Å². The molecule has 0 unspecified atom stereocenters. The summed E-state index contributed by atoms with van der Waals surface area (Å²) in [6, 6.07) is 7.48. The summed E-state index contributed by atoms with van der Waals surface area (Å²) < 4.78 is 1.76. The zero-order chi connectivity index (χ0) is 19.4. The largest absolute Gasteiger partial charge is 0.493 e. The highest BCUT2D eigenvalue weighted by atomic mass is 16.3. The second-order valence-corrected chi connectivity index (χ2v) is 6.62. The van der Waals surface area contributed by atoms with E-state index in [0.29, 0.717) is 11.9 Å². The number of azo groups is 1. The molecule has 8 nitrogen and oxygen atoms in total. The van der Waals surface area contributed by atoms with E-state index in [2.05, 4.69) is 34.3 Å². The predicted octanol–water partition coefficient (Wildman–Crippen LogP) is 2.58. The molecule has 1 saturated carbocycles. The van der Waals surface area contributed by atoms with Crippen molar-refractivity contribution in [3.8, 4) is 5.88 Å². The van der Waals surface area contributed by atoms with Crippen molar-refractivity contribution in [1.29, 1.82) is 0 Å². The van der Waals surface area contributed by atoms with E-state index in [1.807, 2.05) is 24.3 Å². The Balaban J connectivity index is 1.84. The van der Waals surface area contributed by atoms with Gasteiger partial charge in [0, 0.05) is 24.5 Å². The molecule has 0 saturated heterocycles. The molecule has 0 atom stereocenters. The van der Waals surface area contributed by atoms with Gasteiger partial charge in [0.1, 0.15) is 0 Å². The van der Waals surface area contributed by atoms with Gasteiger partial charge in [-0.05, 0) is 32.0 Å². The minimum Gasteiger partial charge on any atom is -0.493 e. The minimum absolute atomic E-state index is 0.0532. The van der Waals surface area contributed by atoms with E-state index in [1.54, 1.807) is 4.57 Å². The molecule has 0 aliphatic heterocycles. The number of amides is 2. The van der Waals surface area contributed by atoms with Crippen LogP contribution in [0.4, 0.5) is 5.69 Å². The topological polar surface area (TPSA) is 99.3 Å². The average Bonchev–Trinajstić information content (AvgIpc) is 3.45. The number of likely N-dealkylation sites (N-methyl/N-ethyl adjacent to an activating group) is 1. The van der Waals surface area contributed by atoms with Crippen LogP contribution in [0.25, 0.3) is 10.9 Å². The number of hydrogen-bond acceptors (Lipinski definition) is 5. The number of aromatic hydroxyl groups is 1. The fourth-order valence-corrected chi connectivity index (χ4v) is 2.99. The Hall–Kier alpha value is -2.74. The third-order valence-electron chi connectivity index (χ3n) is 4.80.